The molecule has 0 bridgehead atoms. The number of rotatable bonds is 2. The van der Waals surface area contributed by atoms with E-state index in [9.17, 15) is 0 Å². The Labute approximate surface area is 177 Å². The molecule has 146 valence electrons. The smallest absolute Gasteiger partial charge is 0.147 e. The molecular formula is C22H19ClN4OS. The van der Waals surface area contributed by atoms with Gasteiger partial charge in [0.25, 0.3) is 0 Å². The first-order valence-corrected chi connectivity index (χ1v) is 11.0. The lowest BCUT2D eigenvalue weighted by atomic mass is 9.98. The lowest BCUT2D eigenvalue weighted by Gasteiger charge is -2.16. The van der Waals surface area contributed by atoms with Crippen molar-refractivity contribution in [1.82, 2.24) is 20.1 Å². The summed E-state index contributed by atoms with van der Waals surface area (Å²) in [5.74, 6) is 0.920. The van der Waals surface area contributed by atoms with Gasteiger partial charge in [-0.15, -0.1) is 11.3 Å². The molecular weight excluding hydrogens is 404 g/mol. The van der Waals surface area contributed by atoms with E-state index in [0.717, 1.165) is 69.3 Å². The van der Waals surface area contributed by atoms with Crippen LogP contribution in [0.2, 0.25) is 5.02 Å². The number of fused-ring (bicyclic) bond motifs is 3. The summed E-state index contributed by atoms with van der Waals surface area (Å²) in [5.41, 5.74) is 7.94. The highest BCUT2D eigenvalue weighted by molar-refractivity contribution is 7.17. The van der Waals surface area contributed by atoms with Crippen LogP contribution in [0.3, 0.4) is 0 Å². The summed E-state index contributed by atoms with van der Waals surface area (Å²) in [4.78, 5) is 4.47. The van der Waals surface area contributed by atoms with Crippen molar-refractivity contribution in [2.24, 2.45) is 7.05 Å². The molecule has 5 nitrogen and oxygen atoms in total. The number of nitrogens with zero attached hydrogens (tertiary/aromatic N) is 3. The van der Waals surface area contributed by atoms with Gasteiger partial charge in [0.05, 0.1) is 10.2 Å². The zero-order chi connectivity index (χ0) is 19.5. The molecule has 5 heterocycles. The fourth-order valence-corrected chi connectivity index (χ4v) is 5.69. The maximum absolute atomic E-state index is 6.56. The molecule has 0 radical (unpaired) electrons. The Morgan fingerprint density at radius 3 is 3.14 bits per heavy atom. The molecule has 6 rings (SSSR count). The van der Waals surface area contributed by atoms with Crippen molar-refractivity contribution in [3.63, 3.8) is 0 Å². The Morgan fingerprint density at radius 2 is 2.21 bits per heavy atom. The van der Waals surface area contributed by atoms with E-state index in [2.05, 4.69) is 15.7 Å². The Bertz CT molecular complexity index is 1260. The van der Waals surface area contributed by atoms with Crippen molar-refractivity contribution < 1.29 is 4.74 Å². The van der Waals surface area contributed by atoms with E-state index in [1.807, 2.05) is 42.2 Å². The minimum atomic E-state index is -0.0854. The average molecular weight is 423 g/mol. The van der Waals surface area contributed by atoms with Gasteiger partial charge in [-0.1, -0.05) is 11.6 Å². The minimum absolute atomic E-state index is 0.0854. The lowest BCUT2D eigenvalue weighted by Crippen LogP contribution is -2.25. The van der Waals surface area contributed by atoms with Gasteiger partial charge >= 0.3 is 0 Å². The van der Waals surface area contributed by atoms with Crippen molar-refractivity contribution in [2.45, 2.75) is 25.5 Å². The Kier molecular flexibility index (Phi) is 3.94. The highest BCUT2D eigenvalue weighted by Crippen LogP contribution is 2.47. The van der Waals surface area contributed by atoms with Crippen LogP contribution in [0.5, 0.6) is 5.75 Å². The van der Waals surface area contributed by atoms with Crippen LogP contribution < -0.4 is 10.1 Å². The zero-order valence-electron chi connectivity index (χ0n) is 15.9. The van der Waals surface area contributed by atoms with Gasteiger partial charge in [0.15, 0.2) is 0 Å². The van der Waals surface area contributed by atoms with Crippen LogP contribution in [-0.2, 0) is 26.4 Å². The van der Waals surface area contributed by atoms with Gasteiger partial charge in [-0.25, -0.2) is 0 Å². The van der Waals surface area contributed by atoms with Gasteiger partial charge < -0.3 is 10.1 Å². The average Bonchev–Trinajstić information content (AvgIpc) is 3.44. The van der Waals surface area contributed by atoms with E-state index in [4.69, 9.17) is 21.4 Å². The summed E-state index contributed by atoms with van der Waals surface area (Å²) in [6.07, 6.45) is 3.55. The van der Waals surface area contributed by atoms with Crippen molar-refractivity contribution in [3.05, 3.63) is 63.4 Å². The Hall–Kier alpha value is -2.41. The van der Waals surface area contributed by atoms with Crippen LogP contribution in [0.25, 0.3) is 21.3 Å². The first kappa shape index (κ1) is 17.4. The van der Waals surface area contributed by atoms with Crippen molar-refractivity contribution in [1.29, 1.82) is 0 Å². The summed E-state index contributed by atoms with van der Waals surface area (Å²) in [6.45, 7) is 1.85. The van der Waals surface area contributed by atoms with Crippen molar-refractivity contribution in [3.8, 4) is 16.9 Å². The number of ether oxygens (including phenoxy) is 1. The van der Waals surface area contributed by atoms with Crippen molar-refractivity contribution in [2.75, 3.05) is 6.54 Å². The van der Waals surface area contributed by atoms with Crippen LogP contribution in [0.4, 0.5) is 0 Å². The fourth-order valence-electron chi connectivity index (χ4n) is 4.57. The third-order valence-electron chi connectivity index (χ3n) is 5.88. The predicted octanol–water partition coefficient (Wildman–Crippen LogP) is 4.67. The Morgan fingerprint density at radius 1 is 1.28 bits per heavy atom. The Balaban J connectivity index is 1.47. The molecule has 0 aliphatic carbocycles. The third-order valence-corrected chi connectivity index (χ3v) is 7.04. The number of pyridine rings is 1. The fraction of sp³-hybridized carbons (Fsp3) is 0.273. The van der Waals surface area contributed by atoms with Gasteiger partial charge in [-0.05, 0) is 29.6 Å². The molecule has 7 heteroatoms. The summed E-state index contributed by atoms with van der Waals surface area (Å²) < 4.78 is 9.73. The van der Waals surface area contributed by atoms with Gasteiger partial charge in [0, 0.05) is 72.1 Å². The van der Waals surface area contributed by atoms with E-state index in [-0.39, 0.29) is 6.10 Å². The molecule has 2 aliphatic rings. The standard InChI is InChI=1S/C22H19ClN4OS/c1-27-18-3-5-24-11-16(18)20(26-27)19-9-12-8-13(23)10-15(21(12)28-19)14-2-6-25-17-4-7-29-22(14)17/h2,4,6-8,10,19,24H,3,5,9,11H2,1H3. The maximum atomic E-state index is 6.56. The zero-order valence-corrected chi connectivity index (χ0v) is 17.5. The van der Waals surface area contributed by atoms with Crippen molar-refractivity contribution >= 4 is 33.2 Å². The number of hydrogen-bond donors (Lipinski definition) is 1. The number of benzene rings is 1. The minimum Gasteiger partial charge on any atom is -0.483 e. The van der Waals surface area contributed by atoms with Crippen LogP contribution in [0.15, 0.2) is 35.8 Å². The van der Waals surface area contributed by atoms with E-state index in [1.165, 1.54) is 11.3 Å². The number of nitrogens with one attached hydrogen (secondary N) is 1. The van der Waals surface area contributed by atoms with E-state index >= 15 is 0 Å². The normalized spacial score (nSPS) is 17.9. The second-order valence-electron chi connectivity index (χ2n) is 7.61. The number of hydrogen-bond acceptors (Lipinski definition) is 5. The maximum Gasteiger partial charge on any atom is 0.147 e. The monoisotopic (exact) mass is 422 g/mol. The quantitative estimate of drug-likeness (QED) is 0.510. The predicted molar refractivity (Wildman–Crippen MR) is 116 cm³/mol. The van der Waals surface area contributed by atoms with E-state index in [1.54, 1.807) is 11.3 Å². The lowest BCUT2D eigenvalue weighted by molar-refractivity contribution is 0.231. The topological polar surface area (TPSA) is 52.0 Å². The van der Waals surface area contributed by atoms with Crippen LogP contribution in [0, 0.1) is 0 Å². The molecule has 4 aromatic rings. The molecule has 29 heavy (non-hydrogen) atoms. The molecule has 1 N–H and O–H groups in total. The summed E-state index contributed by atoms with van der Waals surface area (Å²) >= 11 is 8.21. The van der Waals surface area contributed by atoms with Gasteiger partial charge in [0.2, 0.25) is 0 Å². The first-order valence-electron chi connectivity index (χ1n) is 9.76. The first-order chi connectivity index (χ1) is 14.2. The highest BCUT2D eigenvalue weighted by Gasteiger charge is 2.33. The molecule has 2 aliphatic heterocycles. The molecule has 1 unspecified atom stereocenters. The summed E-state index contributed by atoms with van der Waals surface area (Å²) in [7, 11) is 2.03. The second kappa shape index (κ2) is 6.55. The largest absolute Gasteiger partial charge is 0.483 e. The number of aryl methyl sites for hydroxylation is 1. The molecule has 0 fully saturated rings. The van der Waals surface area contributed by atoms with Crippen LogP contribution >= 0.6 is 22.9 Å². The number of halogens is 1. The molecule has 0 saturated carbocycles. The van der Waals surface area contributed by atoms with Crippen LogP contribution in [0.1, 0.15) is 28.6 Å². The third kappa shape index (κ3) is 2.70. The van der Waals surface area contributed by atoms with Gasteiger partial charge in [0.1, 0.15) is 17.5 Å². The molecule has 3 aromatic heterocycles. The van der Waals surface area contributed by atoms with Gasteiger partial charge in [-0.3, -0.25) is 9.67 Å². The number of thiophene rings is 1. The number of aromatic nitrogens is 3. The molecule has 0 spiro atoms. The molecule has 0 saturated heterocycles. The summed E-state index contributed by atoms with van der Waals surface area (Å²) in [6, 6.07) is 8.13. The van der Waals surface area contributed by atoms with E-state index < -0.39 is 0 Å². The molecule has 0 amide bonds. The molecule has 1 atom stereocenters. The van der Waals surface area contributed by atoms with Crippen LogP contribution in [-0.4, -0.2) is 21.3 Å². The highest BCUT2D eigenvalue weighted by atomic mass is 35.5. The van der Waals surface area contributed by atoms with E-state index in [0.29, 0.717) is 0 Å². The molecule has 1 aromatic carbocycles. The summed E-state index contributed by atoms with van der Waals surface area (Å²) in [5, 5.41) is 11.1. The second-order valence-corrected chi connectivity index (χ2v) is 8.96. The van der Waals surface area contributed by atoms with Gasteiger partial charge in [-0.2, -0.15) is 5.10 Å². The SMILES string of the molecule is Cn1nc(C2Cc3cc(Cl)cc(-c4ccnc5ccsc45)c3O2)c2c1CCNC2.